The normalized spacial score (nSPS) is 10.8. The summed E-state index contributed by atoms with van der Waals surface area (Å²) in [5, 5.41) is 18.1. The van der Waals surface area contributed by atoms with Crippen molar-refractivity contribution >= 4 is 35.0 Å². The lowest BCUT2D eigenvalue weighted by atomic mass is 10.3. The molecule has 0 radical (unpaired) electrons. The molecule has 0 fully saturated rings. The third kappa shape index (κ3) is 2.21. The number of hydrogen-bond acceptors (Lipinski definition) is 5. The number of hydrogen-bond donors (Lipinski definition) is 1. The first-order chi connectivity index (χ1) is 9.66. The molecule has 0 aliphatic heterocycles. The van der Waals surface area contributed by atoms with Crippen molar-refractivity contribution in [3.63, 3.8) is 0 Å². The molecule has 0 atom stereocenters. The summed E-state index contributed by atoms with van der Waals surface area (Å²) >= 11 is 7.22. The predicted octanol–water partition coefficient (Wildman–Crippen LogP) is 2.63. The van der Waals surface area contributed by atoms with E-state index in [1.54, 1.807) is 4.40 Å². The van der Waals surface area contributed by atoms with Crippen molar-refractivity contribution in [1.29, 1.82) is 0 Å². The smallest absolute Gasteiger partial charge is 0.337 e. The van der Waals surface area contributed by atoms with Crippen LogP contribution in [0.15, 0.2) is 46.8 Å². The monoisotopic (exact) mass is 306 g/mol. The van der Waals surface area contributed by atoms with E-state index in [1.807, 2.05) is 24.4 Å². The molecule has 100 valence electrons. The Balaban J connectivity index is 2.03. The zero-order chi connectivity index (χ0) is 14.1. The van der Waals surface area contributed by atoms with Crippen molar-refractivity contribution in [1.82, 2.24) is 19.6 Å². The molecule has 0 saturated heterocycles. The topological polar surface area (TPSA) is 80.4 Å². The Morgan fingerprint density at radius 2 is 2.15 bits per heavy atom. The van der Waals surface area contributed by atoms with Crippen LogP contribution in [0.4, 0.5) is 0 Å². The van der Waals surface area contributed by atoms with E-state index < -0.39 is 5.97 Å². The molecule has 0 amide bonds. The van der Waals surface area contributed by atoms with Crippen molar-refractivity contribution in [2.24, 2.45) is 0 Å². The molecule has 8 heteroatoms. The lowest BCUT2D eigenvalue weighted by molar-refractivity contribution is 0.0696. The third-order valence-electron chi connectivity index (χ3n) is 2.56. The van der Waals surface area contributed by atoms with Gasteiger partial charge in [-0.05, 0) is 30.0 Å². The van der Waals surface area contributed by atoms with Gasteiger partial charge in [-0.15, -0.1) is 10.2 Å². The largest absolute Gasteiger partial charge is 0.478 e. The lowest BCUT2D eigenvalue weighted by Gasteiger charge is -2.04. The van der Waals surface area contributed by atoms with E-state index in [2.05, 4.69) is 15.2 Å². The zero-order valence-corrected chi connectivity index (χ0v) is 11.5. The summed E-state index contributed by atoms with van der Waals surface area (Å²) in [4.78, 5) is 15.1. The second kappa shape index (κ2) is 5.10. The quantitative estimate of drug-likeness (QED) is 0.801. The molecule has 0 aliphatic carbocycles. The first-order valence-electron chi connectivity index (χ1n) is 5.52. The average Bonchev–Trinajstić information content (AvgIpc) is 2.84. The number of rotatable bonds is 3. The Hall–Kier alpha value is -2.12. The fraction of sp³-hybridized carbons (Fsp3) is 0. The Morgan fingerprint density at radius 3 is 2.95 bits per heavy atom. The van der Waals surface area contributed by atoms with Gasteiger partial charge in [0.05, 0.1) is 10.6 Å². The Bertz CT molecular complexity index is 805. The molecular formula is C12H7ClN4O2S. The van der Waals surface area contributed by atoms with Crippen LogP contribution in [-0.2, 0) is 0 Å². The maximum Gasteiger partial charge on any atom is 0.337 e. The summed E-state index contributed by atoms with van der Waals surface area (Å²) in [6.45, 7) is 0. The molecule has 3 aromatic heterocycles. The average molecular weight is 307 g/mol. The van der Waals surface area contributed by atoms with Gasteiger partial charge in [-0.3, -0.25) is 4.40 Å². The minimum atomic E-state index is -1.09. The van der Waals surface area contributed by atoms with Crippen LogP contribution in [0.1, 0.15) is 10.4 Å². The lowest BCUT2D eigenvalue weighted by Crippen LogP contribution is -1.99. The van der Waals surface area contributed by atoms with Crippen molar-refractivity contribution < 1.29 is 9.90 Å². The summed E-state index contributed by atoms with van der Waals surface area (Å²) < 4.78 is 1.77. The number of carboxylic acids is 1. The van der Waals surface area contributed by atoms with Gasteiger partial charge in [-0.25, -0.2) is 9.78 Å². The fourth-order valence-electron chi connectivity index (χ4n) is 1.64. The van der Waals surface area contributed by atoms with Gasteiger partial charge in [-0.1, -0.05) is 17.7 Å². The number of aromatic nitrogens is 4. The maximum atomic E-state index is 11.0. The van der Waals surface area contributed by atoms with Gasteiger partial charge in [-0.2, -0.15) is 0 Å². The number of aromatic carboxylic acids is 1. The number of fused-ring (bicyclic) bond motifs is 1. The molecule has 0 spiro atoms. The van der Waals surface area contributed by atoms with Gasteiger partial charge in [0.1, 0.15) is 5.03 Å². The van der Waals surface area contributed by atoms with Crippen LogP contribution in [0.25, 0.3) is 5.65 Å². The molecule has 0 saturated carbocycles. The molecule has 0 aliphatic rings. The number of carboxylic acid groups (broad SMARTS) is 1. The van der Waals surface area contributed by atoms with Crippen LogP contribution in [0.3, 0.4) is 0 Å². The maximum absolute atomic E-state index is 11.0. The Morgan fingerprint density at radius 1 is 1.30 bits per heavy atom. The van der Waals surface area contributed by atoms with Gasteiger partial charge in [0.2, 0.25) is 5.16 Å². The summed E-state index contributed by atoms with van der Waals surface area (Å²) in [7, 11) is 0. The zero-order valence-electron chi connectivity index (χ0n) is 9.89. The third-order valence-corrected chi connectivity index (χ3v) is 4.02. The van der Waals surface area contributed by atoms with E-state index in [0.717, 1.165) is 11.8 Å². The molecule has 3 rings (SSSR count). The van der Waals surface area contributed by atoms with Crippen molar-refractivity contribution in [3.8, 4) is 0 Å². The summed E-state index contributed by atoms with van der Waals surface area (Å²) in [5.41, 5.74) is 0.707. The molecule has 3 aromatic rings. The van der Waals surface area contributed by atoms with E-state index in [4.69, 9.17) is 16.7 Å². The van der Waals surface area contributed by atoms with Gasteiger partial charge >= 0.3 is 5.97 Å². The summed E-state index contributed by atoms with van der Waals surface area (Å²) in [5.74, 6) is -1.09. The highest BCUT2D eigenvalue weighted by Gasteiger charge is 2.16. The predicted molar refractivity (Wildman–Crippen MR) is 73.3 cm³/mol. The van der Waals surface area contributed by atoms with Crippen molar-refractivity contribution in [3.05, 3.63) is 47.2 Å². The van der Waals surface area contributed by atoms with Crippen LogP contribution >= 0.6 is 23.4 Å². The fourth-order valence-corrected chi connectivity index (χ4v) is 2.77. The molecule has 0 aromatic carbocycles. The molecule has 0 unspecified atom stereocenters. The first kappa shape index (κ1) is 12.9. The number of carbonyl (C=O) groups is 1. The molecule has 6 nitrogen and oxygen atoms in total. The van der Waals surface area contributed by atoms with Gasteiger partial charge < -0.3 is 5.11 Å². The van der Waals surface area contributed by atoms with Crippen LogP contribution < -0.4 is 0 Å². The minimum absolute atomic E-state index is 0.0120. The highest BCUT2D eigenvalue weighted by Crippen LogP contribution is 2.32. The van der Waals surface area contributed by atoms with E-state index >= 15 is 0 Å². The van der Waals surface area contributed by atoms with Crippen LogP contribution in [0, 0.1) is 0 Å². The SMILES string of the molecule is O=C(O)c1ccnc(Sc2nnc3ccccn23)c1Cl. The standard InChI is InChI=1S/C12H7ClN4O2S/c13-9-7(11(18)19)4-5-14-10(9)20-12-16-15-8-3-1-2-6-17(8)12/h1-6H,(H,18,19). The Labute approximate surface area is 122 Å². The number of pyridine rings is 2. The van der Waals surface area contributed by atoms with E-state index in [9.17, 15) is 4.79 Å². The van der Waals surface area contributed by atoms with Gasteiger partial charge in [0.15, 0.2) is 5.65 Å². The van der Waals surface area contributed by atoms with Crippen molar-refractivity contribution in [2.75, 3.05) is 0 Å². The molecule has 20 heavy (non-hydrogen) atoms. The van der Waals surface area contributed by atoms with Gasteiger partial charge in [0, 0.05) is 12.4 Å². The molecular weight excluding hydrogens is 300 g/mol. The second-order valence-corrected chi connectivity index (χ2v) is 5.13. The Kier molecular flexibility index (Phi) is 3.29. The second-order valence-electron chi connectivity index (χ2n) is 3.80. The first-order valence-corrected chi connectivity index (χ1v) is 6.71. The van der Waals surface area contributed by atoms with Crippen molar-refractivity contribution in [2.45, 2.75) is 10.2 Å². The highest BCUT2D eigenvalue weighted by atomic mass is 35.5. The van der Waals surface area contributed by atoms with E-state index in [-0.39, 0.29) is 10.6 Å². The van der Waals surface area contributed by atoms with Crippen LogP contribution in [0.5, 0.6) is 0 Å². The molecule has 0 bridgehead atoms. The minimum Gasteiger partial charge on any atom is -0.478 e. The van der Waals surface area contributed by atoms with E-state index in [0.29, 0.717) is 15.8 Å². The number of nitrogens with zero attached hydrogens (tertiary/aromatic N) is 4. The molecule has 3 heterocycles. The summed E-state index contributed by atoms with van der Waals surface area (Å²) in [6, 6.07) is 6.88. The summed E-state index contributed by atoms with van der Waals surface area (Å²) in [6.07, 6.45) is 3.22. The molecule has 1 N–H and O–H groups in total. The van der Waals surface area contributed by atoms with Crippen LogP contribution in [0.2, 0.25) is 5.02 Å². The highest BCUT2D eigenvalue weighted by molar-refractivity contribution is 7.99. The van der Waals surface area contributed by atoms with Crippen LogP contribution in [-0.4, -0.2) is 30.7 Å². The number of halogens is 1. The van der Waals surface area contributed by atoms with E-state index in [1.165, 1.54) is 12.3 Å². The van der Waals surface area contributed by atoms with Gasteiger partial charge in [0.25, 0.3) is 0 Å².